The molecule has 1 aromatic carbocycles. The molecule has 2 aromatic heterocycles. The molecule has 0 spiro atoms. The molecule has 1 N–H and O–H groups in total. The minimum absolute atomic E-state index is 0.191. The highest BCUT2D eigenvalue weighted by Crippen LogP contribution is 2.21. The van der Waals surface area contributed by atoms with E-state index < -0.39 is 6.09 Å². The summed E-state index contributed by atoms with van der Waals surface area (Å²) in [5, 5.41) is 11.3. The maximum Gasteiger partial charge on any atom is 0.407 e. The van der Waals surface area contributed by atoms with E-state index in [1.54, 1.807) is 0 Å². The van der Waals surface area contributed by atoms with E-state index in [1.165, 1.54) is 17.2 Å². The summed E-state index contributed by atoms with van der Waals surface area (Å²) in [4.78, 5) is 24.7. The van der Waals surface area contributed by atoms with Crippen LogP contribution in [0, 0.1) is 5.92 Å². The molecule has 0 bridgehead atoms. The number of piperidine rings is 1. The average molecular weight is 396 g/mol. The lowest BCUT2D eigenvalue weighted by Crippen LogP contribution is -2.37. The highest BCUT2D eigenvalue weighted by Gasteiger charge is 2.22. The lowest BCUT2D eigenvalue weighted by atomic mass is 9.94. The molecule has 1 amide bonds. The molecule has 3 heterocycles. The van der Waals surface area contributed by atoms with Crippen LogP contribution in [0.2, 0.25) is 0 Å². The predicted molar refractivity (Wildman–Crippen MR) is 108 cm³/mol. The number of carbonyl (C=O) groups is 1. The van der Waals surface area contributed by atoms with Gasteiger partial charge >= 0.3 is 6.09 Å². The Morgan fingerprint density at radius 2 is 1.86 bits per heavy atom. The van der Waals surface area contributed by atoms with Crippen molar-refractivity contribution in [2.24, 2.45) is 5.92 Å². The molecule has 0 saturated carbocycles. The van der Waals surface area contributed by atoms with Crippen LogP contribution in [0.1, 0.15) is 25.0 Å². The van der Waals surface area contributed by atoms with E-state index in [2.05, 4.69) is 0 Å². The SMILES string of the molecule is O=C(O)N1CCC(CCOc2coc(Cn3cc4ccccc4c3)cc2=O)CC1. The van der Waals surface area contributed by atoms with E-state index in [0.29, 0.717) is 37.9 Å². The first-order valence-electron chi connectivity index (χ1n) is 9.85. The summed E-state index contributed by atoms with van der Waals surface area (Å²) in [7, 11) is 0. The van der Waals surface area contributed by atoms with Crippen LogP contribution in [-0.2, 0) is 6.54 Å². The summed E-state index contributed by atoms with van der Waals surface area (Å²) in [6.45, 7) is 2.02. The molecule has 1 aliphatic rings. The van der Waals surface area contributed by atoms with Crippen molar-refractivity contribution in [3.63, 3.8) is 0 Å². The van der Waals surface area contributed by atoms with Gasteiger partial charge in [-0.05, 0) is 36.0 Å². The molecule has 1 fully saturated rings. The second kappa shape index (κ2) is 8.43. The number of aromatic nitrogens is 1. The zero-order chi connectivity index (χ0) is 20.2. The second-order valence-corrected chi connectivity index (χ2v) is 7.48. The number of likely N-dealkylation sites (tertiary alicyclic amines) is 1. The number of ether oxygens (including phenoxy) is 1. The molecule has 1 aliphatic heterocycles. The topological polar surface area (TPSA) is 84.9 Å². The molecular formula is C22H24N2O5. The molecule has 4 rings (SSSR count). The summed E-state index contributed by atoms with van der Waals surface area (Å²) < 4.78 is 13.2. The van der Waals surface area contributed by atoms with E-state index in [1.807, 2.05) is 41.2 Å². The minimum atomic E-state index is -0.856. The smallest absolute Gasteiger partial charge is 0.407 e. The number of rotatable bonds is 6. The Labute approximate surface area is 168 Å². The van der Waals surface area contributed by atoms with Crippen LogP contribution in [0.25, 0.3) is 10.8 Å². The van der Waals surface area contributed by atoms with Crippen molar-refractivity contribution in [3.05, 3.63) is 65.0 Å². The lowest BCUT2D eigenvalue weighted by molar-refractivity contribution is 0.119. The maximum atomic E-state index is 12.3. The zero-order valence-electron chi connectivity index (χ0n) is 16.1. The van der Waals surface area contributed by atoms with Crippen LogP contribution in [-0.4, -0.2) is 40.4 Å². The molecule has 29 heavy (non-hydrogen) atoms. The Balaban J connectivity index is 1.29. The van der Waals surface area contributed by atoms with Crippen LogP contribution >= 0.6 is 0 Å². The van der Waals surface area contributed by atoms with Crippen molar-refractivity contribution in [3.8, 4) is 5.75 Å². The minimum Gasteiger partial charge on any atom is -0.487 e. The summed E-state index contributed by atoms with van der Waals surface area (Å²) in [6, 6.07) is 9.56. The van der Waals surface area contributed by atoms with Gasteiger partial charge in [-0.2, -0.15) is 0 Å². The van der Waals surface area contributed by atoms with Crippen molar-refractivity contribution < 1.29 is 19.1 Å². The number of nitrogens with zero attached hydrogens (tertiary/aromatic N) is 2. The van der Waals surface area contributed by atoms with Crippen LogP contribution in [0.15, 0.2) is 58.2 Å². The third-order valence-corrected chi connectivity index (χ3v) is 5.47. The first-order valence-corrected chi connectivity index (χ1v) is 9.85. The highest BCUT2D eigenvalue weighted by molar-refractivity contribution is 5.82. The van der Waals surface area contributed by atoms with Gasteiger partial charge in [0, 0.05) is 31.5 Å². The first kappa shape index (κ1) is 19.1. The van der Waals surface area contributed by atoms with E-state index in [9.17, 15) is 9.59 Å². The van der Waals surface area contributed by atoms with Gasteiger partial charge in [0.2, 0.25) is 11.2 Å². The molecule has 0 atom stereocenters. The van der Waals surface area contributed by atoms with E-state index in [0.717, 1.165) is 30.0 Å². The van der Waals surface area contributed by atoms with Gasteiger partial charge in [0.15, 0.2) is 0 Å². The third-order valence-electron chi connectivity index (χ3n) is 5.47. The third kappa shape index (κ3) is 4.62. The molecule has 0 radical (unpaired) electrons. The number of carboxylic acid groups (broad SMARTS) is 1. The molecule has 1 saturated heterocycles. The monoisotopic (exact) mass is 396 g/mol. The Morgan fingerprint density at radius 3 is 2.48 bits per heavy atom. The van der Waals surface area contributed by atoms with Crippen LogP contribution in [0.5, 0.6) is 5.75 Å². The fraction of sp³-hybridized carbons (Fsp3) is 0.364. The Bertz CT molecular complexity index is 1010. The van der Waals surface area contributed by atoms with Crippen molar-refractivity contribution in [1.29, 1.82) is 0 Å². The molecule has 0 aliphatic carbocycles. The quantitative estimate of drug-likeness (QED) is 0.685. The van der Waals surface area contributed by atoms with Gasteiger partial charge in [0.1, 0.15) is 12.0 Å². The van der Waals surface area contributed by atoms with E-state index in [4.69, 9.17) is 14.3 Å². The van der Waals surface area contributed by atoms with Gasteiger partial charge in [0.05, 0.1) is 13.2 Å². The van der Waals surface area contributed by atoms with Gasteiger partial charge < -0.3 is 23.7 Å². The molecule has 7 heteroatoms. The predicted octanol–water partition coefficient (Wildman–Crippen LogP) is 3.80. The lowest BCUT2D eigenvalue weighted by Gasteiger charge is -2.29. The number of benzene rings is 1. The van der Waals surface area contributed by atoms with Gasteiger partial charge in [-0.1, -0.05) is 24.3 Å². The van der Waals surface area contributed by atoms with Crippen molar-refractivity contribution in [2.75, 3.05) is 19.7 Å². The molecule has 7 nitrogen and oxygen atoms in total. The Morgan fingerprint density at radius 1 is 1.17 bits per heavy atom. The van der Waals surface area contributed by atoms with Gasteiger partial charge in [-0.3, -0.25) is 4.79 Å². The van der Waals surface area contributed by atoms with Crippen LogP contribution in [0.3, 0.4) is 0 Å². The summed E-state index contributed by atoms with van der Waals surface area (Å²) in [5.74, 6) is 1.21. The molecule has 0 unspecified atom stereocenters. The zero-order valence-corrected chi connectivity index (χ0v) is 16.1. The molecule has 152 valence electrons. The van der Waals surface area contributed by atoms with Gasteiger partial charge in [-0.15, -0.1) is 0 Å². The van der Waals surface area contributed by atoms with Crippen molar-refractivity contribution >= 4 is 16.9 Å². The molecular weight excluding hydrogens is 372 g/mol. The van der Waals surface area contributed by atoms with Gasteiger partial charge in [-0.25, -0.2) is 4.79 Å². The van der Waals surface area contributed by atoms with Crippen LogP contribution < -0.4 is 10.2 Å². The summed E-state index contributed by atoms with van der Waals surface area (Å²) >= 11 is 0. The van der Waals surface area contributed by atoms with Crippen molar-refractivity contribution in [1.82, 2.24) is 9.47 Å². The fourth-order valence-corrected chi connectivity index (χ4v) is 3.79. The number of hydrogen-bond acceptors (Lipinski definition) is 4. The summed E-state index contributed by atoms with van der Waals surface area (Å²) in [6.07, 6.45) is 7.03. The maximum absolute atomic E-state index is 12.3. The number of amides is 1. The van der Waals surface area contributed by atoms with E-state index in [-0.39, 0.29) is 11.2 Å². The first-order chi connectivity index (χ1) is 14.1. The van der Waals surface area contributed by atoms with Crippen LogP contribution in [0.4, 0.5) is 4.79 Å². The van der Waals surface area contributed by atoms with E-state index >= 15 is 0 Å². The average Bonchev–Trinajstić information content (AvgIpc) is 3.12. The standard InChI is InChI=1S/C22H24N2O5/c25-20-11-19(14-23-12-17-3-1-2-4-18(17)13-23)29-15-21(20)28-10-7-16-5-8-24(9-6-16)22(26)27/h1-4,11-13,15-16H,5-10,14H2,(H,26,27). The molecule has 3 aromatic rings. The summed E-state index contributed by atoms with van der Waals surface area (Å²) in [5.41, 5.74) is -0.191. The fourth-order valence-electron chi connectivity index (χ4n) is 3.79. The van der Waals surface area contributed by atoms with Crippen molar-refractivity contribution in [2.45, 2.75) is 25.8 Å². The van der Waals surface area contributed by atoms with Gasteiger partial charge in [0.25, 0.3) is 0 Å². The number of fused-ring (bicyclic) bond motifs is 1. The largest absolute Gasteiger partial charge is 0.487 e. The normalized spacial score (nSPS) is 15.0. The Hall–Kier alpha value is -3.22. The second-order valence-electron chi connectivity index (χ2n) is 7.48. The highest BCUT2D eigenvalue weighted by atomic mass is 16.5. The Kier molecular flexibility index (Phi) is 5.55. The number of hydrogen-bond donors (Lipinski definition) is 1.